The summed E-state index contributed by atoms with van der Waals surface area (Å²) < 4.78 is 135. The van der Waals surface area contributed by atoms with E-state index in [1.54, 1.807) is 0 Å². The third-order valence-electron chi connectivity index (χ3n) is 7.73. The number of hydrogen-bond acceptors (Lipinski definition) is 8. The van der Waals surface area contributed by atoms with E-state index in [9.17, 15) is 40.0 Å². The predicted molar refractivity (Wildman–Crippen MR) is 165 cm³/mol. The molecule has 2 aromatic carbocycles. The normalized spacial score (nSPS) is 14.3. The van der Waals surface area contributed by atoms with E-state index in [0.717, 1.165) is 62.9 Å². The molecule has 5 rings (SSSR count). The number of aromatic nitrogens is 3. The number of carbonyl (C=O) groups is 1. The topological polar surface area (TPSA) is 128 Å². The first kappa shape index (κ1) is 36.2. The number of nitrogens with one attached hydrogen (secondary N) is 1. The van der Waals surface area contributed by atoms with Gasteiger partial charge in [-0.2, -0.15) is 30.9 Å². The van der Waals surface area contributed by atoms with Gasteiger partial charge in [0.2, 0.25) is 10.0 Å². The Bertz CT molecular complexity index is 2070. The fraction of sp³-hybridized carbons (Fsp3) is 0.300. The number of ether oxygens (including phenoxy) is 2. The van der Waals surface area contributed by atoms with Crippen molar-refractivity contribution < 1.29 is 53.4 Å². The van der Waals surface area contributed by atoms with E-state index in [2.05, 4.69) is 15.0 Å². The molecule has 0 aliphatic carbocycles. The fourth-order valence-corrected chi connectivity index (χ4v) is 6.18. The van der Waals surface area contributed by atoms with Crippen LogP contribution in [0, 0.1) is 11.6 Å². The number of methoxy groups -OCH3 is 1. The second kappa shape index (κ2) is 13.7. The molecule has 0 saturated carbocycles. The highest BCUT2D eigenvalue weighted by Gasteiger charge is 2.38. The van der Waals surface area contributed by atoms with Crippen LogP contribution in [0.1, 0.15) is 15.9 Å². The maximum Gasteiger partial charge on any atom is 0.420 e. The molecule has 1 aliphatic heterocycles. The van der Waals surface area contributed by atoms with E-state index < -0.39 is 74.2 Å². The van der Waals surface area contributed by atoms with Gasteiger partial charge < -0.3 is 19.7 Å². The van der Waals surface area contributed by atoms with Gasteiger partial charge in [-0.1, -0.05) is 0 Å². The van der Waals surface area contributed by atoms with Crippen LogP contribution in [-0.4, -0.2) is 79.1 Å². The Labute approximate surface area is 279 Å². The molecule has 268 valence electrons. The second-order valence-corrected chi connectivity index (χ2v) is 12.9. The molecule has 1 saturated heterocycles. The highest BCUT2D eigenvalue weighted by atomic mass is 32.2. The van der Waals surface area contributed by atoms with Crippen LogP contribution >= 0.6 is 0 Å². The van der Waals surface area contributed by atoms with Crippen molar-refractivity contribution in [2.24, 2.45) is 7.05 Å². The molecule has 3 heterocycles. The van der Waals surface area contributed by atoms with Gasteiger partial charge in [0.05, 0.1) is 18.9 Å². The number of rotatable bonds is 9. The van der Waals surface area contributed by atoms with Gasteiger partial charge in [-0.15, -0.1) is 0 Å². The van der Waals surface area contributed by atoms with Crippen LogP contribution in [-0.2, 0) is 23.2 Å². The third-order valence-corrected chi connectivity index (χ3v) is 9.04. The maximum atomic E-state index is 15.5. The van der Waals surface area contributed by atoms with Gasteiger partial charge in [-0.05, 0) is 36.4 Å². The molecule has 0 radical (unpaired) electrons. The first-order valence-electron chi connectivity index (χ1n) is 14.4. The van der Waals surface area contributed by atoms with Gasteiger partial charge in [0.15, 0.2) is 5.82 Å². The predicted octanol–water partition coefficient (Wildman–Crippen LogP) is 4.48. The number of anilines is 2. The number of alkyl halides is 5. The van der Waals surface area contributed by atoms with Crippen molar-refractivity contribution in [3.63, 3.8) is 0 Å². The smallest absolute Gasteiger partial charge is 0.420 e. The van der Waals surface area contributed by atoms with Crippen molar-refractivity contribution in [1.29, 1.82) is 0 Å². The van der Waals surface area contributed by atoms with Crippen molar-refractivity contribution in [1.82, 2.24) is 18.7 Å². The quantitative estimate of drug-likeness (QED) is 0.250. The summed E-state index contributed by atoms with van der Waals surface area (Å²) in [5.74, 6) is -5.38. The summed E-state index contributed by atoms with van der Waals surface area (Å²) in [5, 5.41) is 2.19. The minimum absolute atomic E-state index is 0.00738. The van der Waals surface area contributed by atoms with Gasteiger partial charge in [0, 0.05) is 50.9 Å². The molecule has 0 atom stereocenters. The number of sulfonamides is 1. The largest absolute Gasteiger partial charge is 0.497 e. The Morgan fingerprint density at radius 1 is 0.960 bits per heavy atom. The molecule has 1 aliphatic rings. The third kappa shape index (κ3) is 7.25. The van der Waals surface area contributed by atoms with Crippen LogP contribution in [0.3, 0.4) is 0 Å². The van der Waals surface area contributed by atoms with Crippen LogP contribution < -0.4 is 25.2 Å². The van der Waals surface area contributed by atoms with Crippen molar-refractivity contribution in [3.05, 3.63) is 81.6 Å². The molecule has 0 bridgehead atoms. The summed E-state index contributed by atoms with van der Waals surface area (Å²) in [4.78, 5) is 32.9. The fourth-order valence-electron chi connectivity index (χ4n) is 5.36. The molecule has 1 fully saturated rings. The summed E-state index contributed by atoms with van der Waals surface area (Å²) in [6, 6.07) is 7.29. The summed E-state index contributed by atoms with van der Waals surface area (Å²) in [6.45, 7) is -3.12. The molecule has 0 spiro atoms. The minimum atomic E-state index is -5.11. The molecule has 4 aromatic rings. The lowest BCUT2D eigenvalue weighted by atomic mass is 10.1. The lowest BCUT2D eigenvalue weighted by Gasteiger charge is -2.34. The Morgan fingerprint density at radius 3 is 2.08 bits per heavy atom. The van der Waals surface area contributed by atoms with Crippen LogP contribution in [0.5, 0.6) is 11.5 Å². The van der Waals surface area contributed by atoms with E-state index in [-0.39, 0.29) is 49.1 Å². The Morgan fingerprint density at radius 2 is 1.56 bits per heavy atom. The average molecular weight is 733 g/mol. The molecule has 20 heteroatoms. The number of pyridine rings is 1. The number of piperazine rings is 1. The summed E-state index contributed by atoms with van der Waals surface area (Å²) in [6.07, 6.45) is -4.10. The van der Waals surface area contributed by atoms with E-state index in [0.29, 0.717) is 15.4 Å². The zero-order valence-corrected chi connectivity index (χ0v) is 27.1. The van der Waals surface area contributed by atoms with E-state index in [4.69, 9.17) is 4.74 Å². The van der Waals surface area contributed by atoms with Crippen molar-refractivity contribution in [2.45, 2.75) is 12.8 Å². The van der Waals surface area contributed by atoms with E-state index in [1.165, 1.54) is 9.21 Å². The first-order valence-corrected chi connectivity index (χ1v) is 16.3. The molecule has 1 amide bonds. The van der Waals surface area contributed by atoms with E-state index in [1.807, 2.05) is 0 Å². The SMILES string of the molecule is COc1cc(F)c(-c2c(NC(=O)c3ccc(OC(F)F)cc3)c(=O)n(-c3nc(N4CCN(S(C)(=O)=O)CC4)ccc3C(F)(F)F)n2C)c(F)c1. The van der Waals surface area contributed by atoms with E-state index >= 15 is 8.78 Å². The number of hydrogen-bond donors (Lipinski definition) is 1. The lowest BCUT2D eigenvalue weighted by Crippen LogP contribution is -2.48. The molecule has 0 unspecified atom stereocenters. The Kier molecular flexibility index (Phi) is 9.88. The standard InChI is InChI=1S/C30H27F7N6O6S/c1-40-25(23-20(31)14-18(48-2)15-21(23)32)24(39-27(44)16-4-6-17(7-5-16)49-29(33)34)28(45)43(40)26-19(30(35,36)37)8-9-22(38-26)41-10-12-42(13-11-41)50(3,46)47/h4-9,14-15,29H,10-13H2,1-3H3,(H,39,44). The second-order valence-electron chi connectivity index (χ2n) is 10.9. The van der Waals surface area contributed by atoms with Crippen LogP contribution in [0.2, 0.25) is 0 Å². The Hall–Kier alpha value is -5.11. The molecule has 12 nitrogen and oxygen atoms in total. The van der Waals surface area contributed by atoms with Crippen molar-refractivity contribution in [2.75, 3.05) is 49.8 Å². The monoisotopic (exact) mass is 732 g/mol. The first-order chi connectivity index (χ1) is 23.4. The summed E-state index contributed by atoms with van der Waals surface area (Å²) >= 11 is 0. The van der Waals surface area contributed by atoms with Gasteiger partial charge in [-0.25, -0.2) is 22.2 Å². The highest BCUT2D eigenvalue weighted by molar-refractivity contribution is 7.88. The number of amides is 1. The van der Waals surface area contributed by atoms with Crippen molar-refractivity contribution in [3.8, 4) is 28.6 Å². The van der Waals surface area contributed by atoms with Crippen molar-refractivity contribution >= 4 is 27.4 Å². The average Bonchev–Trinajstić information content (AvgIpc) is 3.27. The molecule has 50 heavy (non-hydrogen) atoms. The molecular formula is C30H27F7N6O6S. The minimum Gasteiger partial charge on any atom is -0.497 e. The van der Waals surface area contributed by atoms with Gasteiger partial charge in [0.1, 0.15) is 45.9 Å². The number of benzene rings is 2. The Balaban J connectivity index is 1.69. The number of halogens is 7. The zero-order valence-electron chi connectivity index (χ0n) is 26.3. The van der Waals surface area contributed by atoms with Crippen LogP contribution in [0.4, 0.5) is 42.2 Å². The molecule has 2 aromatic heterocycles. The molecule has 1 N–H and O–H groups in total. The maximum absolute atomic E-state index is 15.5. The molecular weight excluding hydrogens is 705 g/mol. The van der Waals surface area contributed by atoms with Gasteiger partial charge in [0.25, 0.3) is 11.5 Å². The van der Waals surface area contributed by atoms with Crippen LogP contribution in [0.15, 0.2) is 53.3 Å². The number of nitrogens with zero attached hydrogens (tertiary/aromatic N) is 5. The van der Waals surface area contributed by atoms with Crippen LogP contribution in [0.25, 0.3) is 17.1 Å². The summed E-state index contributed by atoms with van der Waals surface area (Å²) in [7, 11) is -1.40. The zero-order chi connectivity index (χ0) is 36.7. The number of carbonyl (C=O) groups excluding carboxylic acids is 1. The van der Waals surface area contributed by atoms with Gasteiger partial charge in [-0.3, -0.25) is 14.3 Å². The summed E-state index contributed by atoms with van der Waals surface area (Å²) in [5.41, 5.74) is -5.50. The van der Waals surface area contributed by atoms with Gasteiger partial charge >= 0.3 is 12.8 Å². The highest BCUT2D eigenvalue weighted by Crippen LogP contribution is 2.38. The lowest BCUT2D eigenvalue weighted by molar-refractivity contribution is -0.137.